The molecule has 0 aliphatic carbocycles. The average molecular weight is 548 g/mol. The second-order valence-corrected chi connectivity index (χ2v) is 10.8. The first-order valence-electron chi connectivity index (χ1n) is 12.1. The van der Waals surface area contributed by atoms with Gasteiger partial charge < -0.3 is 15.0 Å². The van der Waals surface area contributed by atoms with Gasteiger partial charge >= 0.3 is 0 Å². The van der Waals surface area contributed by atoms with Gasteiger partial charge in [-0.3, -0.25) is 9.59 Å². The largest absolute Gasteiger partial charge is 0.438 e. The summed E-state index contributed by atoms with van der Waals surface area (Å²) in [6.07, 6.45) is 0. The van der Waals surface area contributed by atoms with E-state index in [4.69, 9.17) is 21.3 Å². The molecule has 2 aromatic carbocycles. The molecule has 1 N–H and O–H groups in total. The van der Waals surface area contributed by atoms with Crippen molar-refractivity contribution in [2.24, 2.45) is 5.41 Å². The molecule has 2 aromatic heterocycles. The molecule has 4 aromatic rings. The van der Waals surface area contributed by atoms with E-state index in [1.54, 1.807) is 29.6 Å². The Balaban J connectivity index is 1.53. The number of carbonyl (C=O) groups excluding carboxylic acids is 2. The van der Waals surface area contributed by atoms with Crippen LogP contribution in [0.1, 0.15) is 48.2 Å². The number of rotatable bonds is 6. The van der Waals surface area contributed by atoms with Gasteiger partial charge in [-0.1, -0.05) is 67.1 Å². The van der Waals surface area contributed by atoms with Crippen LogP contribution in [-0.4, -0.2) is 45.5 Å². The van der Waals surface area contributed by atoms with E-state index in [2.05, 4.69) is 15.5 Å². The van der Waals surface area contributed by atoms with Crippen LogP contribution in [0.15, 0.2) is 60.1 Å². The fourth-order valence-corrected chi connectivity index (χ4v) is 5.29. The van der Waals surface area contributed by atoms with Crippen LogP contribution in [0.3, 0.4) is 0 Å². The zero-order chi connectivity index (χ0) is 27.0. The van der Waals surface area contributed by atoms with E-state index in [1.165, 1.54) is 11.3 Å². The molecule has 10 heteroatoms. The summed E-state index contributed by atoms with van der Waals surface area (Å²) in [6.45, 7) is 6.29. The van der Waals surface area contributed by atoms with Crippen molar-refractivity contribution >= 4 is 39.9 Å². The second-order valence-electron chi connectivity index (χ2n) is 9.60. The van der Waals surface area contributed by atoms with E-state index in [9.17, 15) is 9.59 Å². The average Bonchev–Trinajstić information content (AvgIpc) is 3.43. The van der Waals surface area contributed by atoms with E-state index < -0.39 is 5.41 Å². The number of para-hydroxylation sites is 1. The summed E-state index contributed by atoms with van der Waals surface area (Å²) in [6, 6.07) is 16.8. The molecule has 2 amide bonds. The summed E-state index contributed by atoms with van der Waals surface area (Å²) in [5, 5.41) is 11.4. The van der Waals surface area contributed by atoms with Crippen molar-refractivity contribution in [1.82, 2.24) is 20.1 Å². The number of ether oxygens (including phenoxy) is 1. The lowest BCUT2D eigenvalue weighted by molar-refractivity contribution is -0.124. The molecule has 5 rings (SSSR count). The van der Waals surface area contributed by atoms with E-state index in [1.807, 2.05) is 63.2 Å². The summed E-state index contributed by atoms with van der Waals surface area (Å²) < 4.78 is 6.23. The van der Waals surface area contributed by atoms with Crippen LogP contribution in [0, 0.1) is 5.41 Å². The van der Waals surface area contributed by atoms with Crippen LogP contribution in [0.2, 0.25) is 5.02 Å². The van der Waals surface area contributed by atoms with Gasteiger partial charge in [0.1, 0.15) is 11.3 Å². The summed E-state index contributed by atoms with van der Waals surface area (Å²) in [5.41, 5.74) is 4.23. The third kappa shape index (κ3) is 4.63. The Morgan fingerprint density at radius 3 is 2.63 bits per heavy atom. The molecule has 1 atom stereocenters. The van der Waals surface area contributed by atoms with Gasteiger partial charge in [-0.05, 0) is 31.2 Å². The first kappa shape index (κ1) is 25.8. The van der Waals surface area contributed by atoms with Gasteiger partial charge in [0.05, 0.1) is 21.7 Å². The number of hydrogen-bond donors (Lipinski definition) is 1. The van der Waals surface area contributed by atoms with Crippen LogP contribution in [-0.2, 0) is 4.79 Å². The fourth-order valence-electron chi connectivity index (χ4n) is 4.59. The number of hydrogen-bond acceptors (Lipinski definition) is 7. The highest BCUT2D eigenvalue weighted by Gasteiger charge is 2.44. The van der Waals surface area contributed by atoms with Gasteiger partial charge in [0.15, 0.2) is 0 Å². The van der Waals surface area contributed by atoms with Gasteiger partial charge in [0.25, 0.3) is 5.91 Å². The predicted octanol–water partition coefficient (Wildman–Crippen LogP) is 6.25. The van der Waals surface area contributed by atoms with Crippen molar-refractivity contribution in [3.63, 3.8) is 0 Å². The molecule has 38 heavy (non-hydrogen) atoms. The van der Waals surface area contributed by atoms with Crippen LogP contribution in [0.5, 0.6) is 11.6 Å². The number of nitrogens with zero attached hydrogens (tertiary/aromatic N) is 4. The molecule has 8 nitrogen and oxygen atoms in total. The number of amides is 2. The summed E-state index contributed by atoms with van der Waals surface area (Å²) in [4.78, 5) is 32.5. The Hall–Kier alpha value is -3.82. The molecule has 1 aliphatic heterocycles. The van der Waals surface area contributed by atoms with E-state index in [0.717, 1.165) is 16.7 Å². The van der Waals surface area contributed by atoms with Gasteiger partial charge in [-0.15, -0.1) is 10.2 Å². The molecule has 0 unspecified atom stereocenters. The molecular formula is C28H26ClN5O3S. The van der Waals surface area contributed by atoms with Crippen molar-refractivity contribution < 1.29 is 14.3 Å². The maximum Gasteiger partial charge on any atom is 0.255 e. The van der Waals surface area contributed by atoms with Gasteiger partial charge in [0, 0.05) is 36.2 Å². The van der Waals surface area contributed by atoms with E-state index in [-0.39, 0.29) is 17.7 Å². The summed E-state index contributed by atoms with van der Waals surface area (Å²) >= 11 is 7.77. The number of fused-ring (bicyclic) bond motifs is 2. The number of anilines is 1. The maximum atomic E-state index is 13.5. The number of aromatic nitrogens is 3. The number of nitrogens with one attached hydrogen (secondary N) is 1. The standard InChI is InChI=1S/C28H26ClN5O3S/c1-5-34(4)25(35)17-11-10-16(14-20(17)29)21-13-12-19-23(18-8-6-7-9-22(18)37-24(19)31-21)28(2,3)26(36)32-27-33-30-15-38-27/h6-15,23H,5H2,1-4H3,(H,32,33,36)/t23-/m0/s1. The second kappa shape index (κ2) is 10.2. The van der Waals surface area contributed by atoms with Crippen LogP contribution in [0.4, 0.5) is 5.13 Å². The Morgan fingerprint density at radius 1 is 1.13 bits per heavy atom. The first-order chi connectivity index (χ1) is 18.2. The SMILES string of the molecule is CCN(C)C(=O)c1ccc(-c2ccc3c(n2)Oc2ccccc2[C@@H]3C(C)(C)C(=O)Nc2nncs2)cc1Cl. The minimum atomic E-state index is -0.875. The highest BCUT2D eigenvalue weighted by atomic mass is 35.5. The van der Waals surface area contributed by atoms with Crippen molar-refractivity contribution in [2.75, 3.05) is 18.9 Å². The monoisotopic (exact) mass is 547 g/mol. The first-order valence-corrected chi connectivity index (χ1v) is 13.4. The number of carbonyl (C=O) groups is 2. The minimum absolute atomic E-state index is 0.140. The molecule has 1 aliphatic rings. The molecule has 3 heterocycles. The van der Waals surface area contributed by atoms with Crippen LogP contribution < -0.4 is 10.1 Å². The van der Waals surface area contributed by atoms with Crippen LogP contribution in [0.25, 0.3) is 11.3 Å². The number of pyridine rings is 1. The molecule has 0 bridgehead atoms. The third-order valence-electron chi connectivity index (χ3n) is 6.84. The lowest BCUT2D eigenvalue weighted by Crippen LogP contribution is -2.38. The number of halogens is 1. The lowest BCUT2D eigenvalue weighted by atomic mass is 9.69. The van der Waals surface area contributed by atoms with Crippen molar-refractivity contribution in [3.8, 4) is 22.9 Å². The van der Waals surface area contributed by atoms with Crippen molar-refractivity contribution in [2.45, 2.75) is 26.7 Å². The highest BCUT2D eigenvalue weighted by molar-refractivity contribution is 7.13. The maximum absolute atomic E-state index is 13.5. The molecule has 0 fully saturated rings. The Labute approximate surface area is 229 Å². The molecular weight excluding hydrogens is 522 g/mol. The van der Waals surface area contributed by atoms with Gasteiger partial charge in [0.2, 0.25) is 16.9 Å². The molecule has 0 saturated heterocycles. The molecule has 0 spiro atoms. The normalized spacial score (nSPS) is 14.2. The zero-order valence-corrected chi connectivity index (χ0v) is 22.9. The van der Waals surface area contributed by atoms with Gasteiger partial charge in [-0.25, -0.2) is 4.98 Å². The van der Waals surface area contributed by atoms with E-state index >= 15 is 0 Å². The quantitative estimate of drug-likeness (QED) is 0.306. The lowest BCUT2D eigenvalue weighted by Gasteiger charge is -2.37. The van der Waals surface area contributed by atoms with Crippen molar-refractivity contribution in [1.29, 1.82) is 0 Å². The highest BCUT2D eigenvalue weighted by Crippen LogP contribution is 2.52. The topological polar surface area (TPSA) is 97.3 Å². The van der Waals surface area contributed by atoms with Crippen LogP contribution >= 0.6 is 22.9 Å². The van der Waals surface area contributed by atoms with Gasteiger partial charge in [-0.2, -0.15) is 0 Å². The Kier molecular flexibility index (Phi) is 6.90. The Morgan fingerprint density at radius 2 is 1.92 bits per heavy atom. The molecule has 194 valence electrons. The Bertz CT molecular complexity index is 1520. The number of benzene rings is 2. The third-order valence-corrected chi connectivity index (χ3v) is 7.76. The summed E-state index contributed by atoms with van der Waals surface area (Å²) in [7, 11) is 1.73. The zero-order valence-electron chi connectivity index (χ0n) is 21.4. The minimum Gasteiger partial charge on any atom is -0.438 e. The summed E-state index contributed by atoms with van der Waals surface area (Å²) in [5.74, 6) is 0.414. The molecule has 0 saturated carbocycles. The smallest absolute Gasteiger partial charge is 0.255 e. The predicted molar refractivity (Wildman–Crippen MR) is 148 cm³/mol. The van der Waals surface area contributed by atoms with Crippen molar-refractivity contribution in [3.05, 3.63) is 81.8 Å². The fraction of sp³-hybridized carbons (Fsp3) is 0.250. The van der Waals surface area contributed by atoms with E-state index in [0.29, 0.717) is 39.6 Å². The molecule has 0 radical (unpaired) electrons.